The number of aromatic nitrogens is 2. The number of halogens is 1. The maximum atomic E-state index is 11.6. The van der Waals surface area contributed by atoms with Gasteiger partial charge in [0, 0.05) is 22.9 Å². The van der Waals surface area contributed by atoms with E-state index in [4.69, 9.17) is 31.5 Å². The molecule has 2 aromatic rings. The van der Waals surface area contributed by atoms with Gasteiger partial charge in [-0.3, -0.25) is 0 Å². The Bertz CT molecular complexity index is 1040. The molecule has 0 radical (unpaired) electrons. The van der Waals surface area contributed by atoms with E-state index in [1.807, 2.05) is 31.1 Å². The molecule has 144 valence electrons. The van der Waals surface area contributed by atoms with Gasteiger partial charge in [-0.15, -0.1) is 0 Å². The molecule has 4 rings (SSSR count). The molecule has 0 bridgehead atoms. The second kappa shape index (κ2) is 7.19. The molecule has 1 atom stereocenters. The Balaban J connectivity index is 1.87. The van der Waals surface area contributed by atoms with Gasteiger partial charge in [-0.25, -0.2) is 4.79 Å². The quantitative estimate of drug-likeness (QED) is 0.789. The van der Waals surface area contributed by atoms with E-state index in [1.165, 1.54) is 0 Å². The maximum absolute atomic E-state index is 11.6. The van der Waals surface area contributed by atoms with Crippen molar-refractivity contribution >= 4 is 28.8 Å². The molecule has 7 nitrogen and oxygen atoms in total. The van der Waals surface area contributed by atoms with E-state index in [9.17, 15) is 4.79 Å². The number of rotatable bonds is 4. The molecule has 2 heterocycles. The zero-order valence-electron chi connectivity index (χ0n) is 15.4. The molecule has 2 aliphatic rings. The minimum Gasteiger partial charge on any atom is -0.464 e. The fourth-order valence-corrected chi connectivity index (χ4v) is 3.55. The van der Waals surface area contributed by atoms with Gasteiger partial charge in [-0.05, 0) is 24.6 Å². The summed E-state index contributed by atoms with van der Waals surface area (Å²) in [5.41, 5.74) is 9.52. The topological polar surface area (TPSA) is 96.6 Å². The van der Waals surface area contributed by atoms with Crippen LogP contribution in [0.2, 0.25) is 0 Å². The largest absolute Gasteiger partial charge is 0.464 e. The highest BCUT2D eigenvalue weighted by molar-refractivity contribution is 6.34. The Kier molecular flexibility index (Phi) is 4.71. The number of hydrogen-bond donors (Lipinski definition) is 1. The first-order chi connectivity index (χ1) is 13.5. The van der Waals surface area contributed by atoms with Crippen LogP contribution in [0, 0.1) is 5.92 Å². The van der Waals surface area contributed by atoms with Crippen LogP contribution < -0.4 is 19.9 Å². The maximum Gasteiger partial charge on any atom is 0.317 e. The summed E-state index contributed by atoms with van der Waals surface area (Å²) in [5.74, 6) is 2.95. The van der Waals surface area contributed by atoms with Crippen molar-refractivity contribution in [3.05, 3.63) is 45.7 Å². The lowest BCUT2D eigenvalue weighted by atomic mass is 9.86. The van der Waals surface area contributed by atoms with Crippen molar-refractivity contribution < 1.29 is 19.0 Å². The summed E-state index contributed by atoms with van der Waals surface area (Å²) in [7, 11) is 0. The minimum atomic E-state index is -0.394. The molecule has 0 spiro atoms. The fraction of sp³-hybridized carbons (Fsp3) is 0.300. The summed E-state index contributed by atoms with van der Waals surface area (Å²) >= 11 is 6.40. The number of nitrogens with zero attached hydrogens (tertiary/aromatic N) is 2. The van der Waals surface area contributed by atoms with Gasteiger partial charge >= 0.3 is 6.01 Å². The van der Waals surface area contributed by atoms with Crippen LogP contribution in [0.1, 0.15) is 36.4 Å². The van der Waals surface area contributed by atoms with E-state index in [-0.39, 0.29) is 12.8 Å². The Hall–Kier alpha value is -3.02. The SMILES string of the molecule is CCOc1nc(Cc2ccc3c(c2)OCO3)c2c(n1)C(=C=O)C(C)C(Cl)=C2N. The van der Waals surface area contributed by atoms with Crippen molar-refractivity contribution in [1.82, 2.24) is 9.97 Å². The van der Waals surface area contributed by atoms with Crippen molar-refractivity contribution in [2.45, 2.75) is 20.3 Å². The van der Waals surface area contributed by atoms with Crippen LogP contribution in [0.15, 0.2) is 23.2 Å². The highest BCUT2D eigenvalue weighted by Crippen LogP contribution is 2.42. The van der Waals surface area contributed by atoms with Crippen molar-refractivity contribution in [3.63, 3.8) is 0 Å². The molecule has 0 fully saturated rings. The third-order valence-electron chi connectivity index (χ3n) is 4.75. The van der Waals surface area contributed by atoms with Crippen molar-refractivity contribution in [1.29, 1.82) is 0 Å². The predicted molar refractivity (Wildman–Crippen MR) is 104 cm³/mol. The van der Waals surface area contributed by atoms with Crippen LogP contribution in [0.5, 0.6) is 17.5 Å². The van der Waals surface area contributed by atoms with Gasteiger partial charge in [0.05, 0.1) is 29.3 Å². The lowest BCUT2D eigenvalue weighted by Gasteiger charge is -2.25. The number of benzene rings is 1. The van der Waals surface area contributed by atoms with E-state index in [1.54, 1.807) is 6.92 Å². The van der Waals surface area contributed by atoms with Gasteiger partial charge in [-0.2, -0.15) is 9.97 Å². The van der Waals surface area contributed by atoms with Crippen LogP contribution in [-0.2, 0) is 11.2 Å². The minimum absolute atomic E-state index is 0.183. The summed E-state index contributed by atoms with van der Waals surface area (Å²) in [5, 5.41) is 0.380. The lowest BCUT2D eigenvalue weighted by Crippen LogP contribution is -2.20. The van der Waals surface area contributed by atoms with Gasteiger partial charge in [-0.1, -0.05) is 24.6 Å². The second-order valence-corrected chi connectivity index (χ2v) is 6.88. The molecule has 0 saturated carbocycles. The summed E-state index contributed by atoms with van der Waals surface area (Å²) in [6.07, 6.45) is 0.424. The van der Waals surface area contributed by atoms with Crippen LogP contribution in [0.25, 0.3) is 11.3 Å². The average Bonchev–Trinajstić information content (AvgIpc) is 3.14. The van der Waals surface area contributed by atoms with Crippen LogP contribution in [-0.4, -0.2) is 29.3 Å². The van der Waals surface area contributed by atoms with Crippen LogP contribution in [0.4, 0.5) is 0 Å². The summed E-state index contributed by atoms with van der Waals surface area (Å²) in [4.78, 5) is 20.6. The van der Waals surface area contributed by atoms with E-state index in [0.717, 1.165) is 5.56 Å². The normalized spacial score (nSPS) is 17.4. The number of allylic oxidation sites excluding steroid dienone is 2. The zero-order valence-corrected chi connectivity index (χ0v) is 16.2. The van der Waals surface area contributed by atoms with Gasteiger partial charge < -0.3 is 19.9 Å². The molecule has 1 aliphatic carbocycles. The Morgan fingerprint density at radius 2 is 2.11 bits per heavy atom. The number of hydrogen-bond acceptors (Lipinski definition) is 7. The summed E-state index contributed by atoms with van der Waals surface area (Å²) < 4.78 is 16.3. The molecule has 2 N–H and O–H groups in total. The Morgan fingerprint density at radius 3 is 2.86 bits per heavy atom. The van der Waals surface area contributed by atoms with Crippen LogP contribution in [0.3, 0.4) is 0 Å². The number of fused-ring (bicyclic) bond motifs is 2. The summed E-state index contributed by atoms with van der Waals surface area (Å²) in [6.45, 7) is 4.22. The van der Waals surface area contributed by atoms with Gasteiger partial charge in [0.15, 0.2) is 11.5 Å². The van der Waals surface area contributed by atoms with Crippen molar-refractivity contribution in [2.75, 3.05) is 13.4 Å². The molecular weight excluding hydrogens is 382 g/mol. The molecule has 1 unspecified atom stereocenters. The van der Waals surface area contributed by atoms with E-state index in [0.29, 0.717) is 57.8 Å². The van der Waals surface area contributed by atoms with E-state index >= 15 is 0 Å². The van der Waals surface area contributed by atoms with E-state index < -0.39 is 5.92 Å². The standard InChI is InChI=1S/C20H18ClN3O4/c1-3-26-20-23-13(6-11-4-5-14-15(7-11)28-9-27-14)16-18(22)17(21)10(2)12(8-25)19(16)24-20/h4-5,7,10H,3,6,9,22H2,1-2H3. The smallest absolute Gasteiger partial charge is 0.317 e. The van der Waals surface area contributed by atoms with E-state index in [2.05, 4.69) is 9.97 Å². The molecule has 0 amide bonds. The van der Waals surface area contributed by atoms with Crippen LogP contribution >= 0.6 is 11.6 Å². The molecular formula is C20H18ClN3O4. The second-order valence-electron chi connectivity index (χ2n) is 6.47. The molecule has 28 heavy (non-hydrogen) atoms. The lowest BCUT2D eigenvalue weighted by molar-refractivity contribution is 0.174. The molecule has 1 aromatic heterocycles. The molecule has 1 aromatic carbocycles. The third-order valence-corrected chi connectivity index (χ3v) is 5.28. The third kappa shape index (κ3) is 2.99. The predicted octanol–water partition coefficient (Wildman–Crippen LogP) is 2.93. The highest BCUT2D eigenvalue weighted by atomic mass is 35.5. The molecule has 0 saturated heterocycles. The van der Waals surface area contributed by atoms with Crippen molar-refractivity contribution in [3.8, 4) is 17.5 Å². The first-order valence-corrected chi connectivity index (χ1v) is 9.24. The Morgan fingerprint density at radius 1 is 1.32 bits per heavy atom. The fourth-order valence-electron chi connectivity index (χ4n) is 3.35. The van der Waals surface area contributed by atoms with Crippen molar-refractivity contribution in [2.24, 2.45) is 11.7 Å². The van der Waals surface area contributed by atoms with Gasteiger partial charge in [0.2, 0.25) is 6.79 Å². The number of nitrogens with two attached hydrogens (primary N) is 1. The highest BCUT2D eigenvalue weighted by Gasteiger charge is 2.32. The zero-order chi connectivity index (χ0) is 19.8. The molecule has 1 aliphatic heterocycles. The Labute approximate surface area is 166 Å². The monoisotopic (exact) mass is 399 g/mol. The summed E-state index contributed by atoms with van der Waals surface area (Å²) in [6, 6.07) is 5.84. The van der Waals surface area contributed by atoms with Gasteiger partial charge in [0.1, 0.15) is 5.94 Å². The first-order valence-electron chi connectivity index (χ1n) is 8.86. The average molecular weight is 400 g/mol. The number of carbonyl (C=O) groups excluding carboxylic acids is 1. The molecule has 8 heteroatoms. The first kappa shape index (κ1) is 18.3. The van der Waals surface area contributed by atoms with Gasteiger partial charge in [0.25, 0.3) is 0 Å². The number of ether oxygens (including phenoxy) is 3.